The van der Waals surface area contributed by atoms with Gasteiger partial charge in [-0.15, -0.1) is 0 Å². The molecule has 4 heteroatoms. The largest absolute Gasteiger partial charge is 0.481 e. The number of hydrogen-bond donors (Lipinski definition) is 1. The van der Waals surface area contributed by atoms with Gasteiger partial charge in [0.2, 0.25) is 5.95 Å². The SMILES string of the molecule is Cc1cc(F)ncc1C=CCC(=O)O. The van der Waals surface area contributed by atoms with Gasteiger partial charge in [-0.2, -0.15) is 4.39 Å². The normalized spacial score (nSPS) is 10.7. The lowest BCUT2D eigenvalue weighted by Gasteiger charge is -1.98. The molecule has 0 saturated carbocycles. The van der Waals surface area contributed by atoms with Crippen molar-refractivity contribution in [1.29, 1.82) is 0 Å². The van der Waals surface area contributed by atoms with Crippen LogP contribution in [0.15, 0.2) is 18.3 Å². The van der Waals surface area contributed by atoms with E-state index in [9.17, 15) is 9.18 Å². The highest BCUT2D eigenvalue weighted by atomic mass is 19.1. The van der Waals surface area contributed by atoms with Crippen molar-refractivity contribution < 1.29 is 14.3 Å². The van der Waals surface area contributed by atoms with Gasteiger partial charge in [0, 0.05) is 6.20 Å². The summed E-state index contributed by atoms with van der Waals surface area (Å²) in [6.45, 7) is 1.74. The molecule has 0 fully saturated rings. The average molecular weight is 195 g/mol. The van der Waals surface area contributed by atoms with Crippen LogP contribution in [0.25, 0.3) is 6.08 Å². The van der Waals surface area contributed by atoms with Crippen LogP contribution >= 0.6 is 0 Å². The fourth-order valence-corrected chi connectivity index (χ4v) is 0.993. The number of carboxylic acids is 1. The van der Waals surface area contributed by atoms with E-state index in [4.69, 9.17) is 5.11 Å². The van der Waals surface area contributed by atoms with Gasteiger partial charge in [-0.3, -0.25) is 4.79 Å². The van der Waals surface area contributed by atoms with Crippen molar-refractivity contribution in [3.05, 3.63) is 35.4 Å². The fourth-order valence-electron chi connectivity index (χ4n) is 0.993. The van der Waals surface area contributed by atoms with Crippen LogP contribution < -0.4 is 0 Å². The number of aliphatic carboxylic acids is 1. The van der Waals surface area contributed by atoms with Crippen LogP contribution in [0.3, 0.4) is 0 Å². The smallest absolute Gasteiger partial charge is 0.307 e. The molecule has 3 nitrogen and oxygen atoms in total. The first-order valence-electron chi connectivity index (χ1n) is 4.10. The molecule has 0 aliphatic heterocycles. The standard InChI is InChI=1S/C10H10FNO2/c1-7-5-9(11)12-6-8(7)3-2-4-10(13)14/h2-3,5-6H,4H2,1H3,(H,13,14). The van der Waals surface area contributed by atoms with E-state index in [0.717, 1.165) is 11.1 Å². The number of nitrogens with zero attached hydrogens (tertiary/aromatic N) is 1. The Morgan fingerprint density at radius 3 is 3.00 bits per heavy atom. The van der Waals surface area contributed by atoms with Crippen LogP contribution in [-0.4, -0.2) is 16.1 Å². The maximum Gasteiger partial charge on any atom is 0.307 e. The third-order valence-corrected chi connectivity index (χ3v) is 1.71. The monoisotopic (exact) mass is 195 g/mol. The van der Waals surface area contributed by atoms with Crippen LogP contribution in [0.2, 0.25) is 0 Å². The second-order valence-electron chi connectivity index (χ2n) is 2.86. The second-order valence-corrected chi connectivity index (χ2v) is 2.86. The topological polar surface area (TPSA) is 50.2 Å². The van der Waals surface area contributed by atoms with Crippen molar-refractivity contribution >= 4 is 12.0 Å². The summed E-state index contributed by atoms with van der Waals surface area (Å²) in [7, 11) is 0. The molecule has 0 saturated heterocycles. The number of aryl methyl sites for hydroxylation is 1. The van der Waals surface area contributed by atoms with Gasteiger partial charge >= 0.3 is 5.97 Å². The fraction of sp³-hybridized carbons (Fsp3) is 0.200. The van der Waals surface area contributed by atoms with Crippen molar-refractivity contribution in [2.45, 2.75) is 13.3 Å². The molecule has 0 radical (unpaired) electrons. The first-order chi connectivity index (χ1) is 6.59. The summed E-state index contributed by atoms with van der Waals surface area (Å²) >= 11 is 0. The number of rotatable bonds is 3. The summed E-state index contributed by atoms with van der Waals surface area (Å²) in [6, 6.07) is 1.31. The number of pyridine rings is 1. The molecular formula is C10H10FNO2. The van der Waals surface area contributed by atoms with Crippen LogP contribution in [0.4, 0.5) is 4.39 Å². The van der Waals surface area contributed by atoms with Crippen molar-refractivity contribution in [3.63, 3.8) is 0 Å². The van der Waals surface area contributed by atoms with Gasteiger partial charge in [-0.05, 0) is 24.1 Å². The lowest BCUT2D eigenvalue weighted by atomic mass is 10.1. The molecule has 0 spiro atoms. The van der Waals surface area contributed by atoms with Gasteiger partial charge in [0.1, 0.15) is 0 Å². The molecule has 0 amide bonds. The van der Waals surface area contributed by atoms with Crippen molar-refractivity contribution in [1.82, 2.24) is 4.98 Å². The third kappa shape index (κ3) is 2.97. The minimum Gasteiger partial charge on any atom is -0.481 e. The molecule has 0 aliphatic carbocycles. The molecule has 1 heterocycles. The quantitative estimate of drug-likeness (QED) is 0.750. The van der Waals surface area contributed by atoms with E-state index in [1.165, 1.54) is 18.3 Å². The molecule has 1 aromatic rings. The highest BCUT2D eigenvalue weighted by Gasteiger charge is 1.97. The Kier molecular flexibility index (Phi) is 3.34. The minimum atomic E-state index is -0.894. The van der Waals surface area contributed by atoms with E-state index in [1.807, 2.05) is 0 Å². The molecule has 0 atom stereocenters. The summed E-state index contributed by atoms with van der Waals surface area (Å²) in [6.07, 6.45) is 4.46. The number of carboxylic acid groups (broad SMARTS) is 1. The van der Waals surface area contributed by atoms with Crippen molar-refractivity contribution in [2.75, 3.05) is 0 Å². The highest BCUT2D eigenvalue weighted by Crippen LogP contribution is 2.09. The molecule has 1 rings (SSSR count). The molecular weight excluding hydrogens is 185 g/mol. The van der Waals surface area contributed by atoms with Crippen molar-refractivity contribution in [3.8, 4) is 0 Å². The summed E-state index contributed by atoms with van der Waals surface area (Å²) in [5.41, 5.74) is 1.46. The number of halogens is 1. The maximum absolute atomic E-state index is 12.6. The molecule has 0 unspecified atom stereocenters. The summed E-state index contributed by atoms with van der Waals surface area (Å²) in [4.78, 5) is 13.7. The Hall–Kier alpha value is -1.71. The van der Waals surface area contributed by atoms with Crippen LogP contribution in [-0.2, 0) is 4.79 Å². The van der Waals surface area contributed by atoms with Gasteiger partial charge in [-0.25, -0.2) is 4.98 Å². The molecule has 1 N–H and O–H groups in total. The molecule has 0 aliphatic rings. The zero-order valence-corrected chi connectivity index (χ0v) is 7.70. The summed E-state index contributed by atoms with van der Waals surface area (Å²) < 4.78 is 12.6. The first kappa shape index (κ1) is 10.4. The van der Waals surface area contributed by atoms with Gasteiger partial charge in [0.05, 0.1) is 6.42 Å². The lowest BCUT2D eigenvalue weighted by Crippen LogP contribution is -1.91. The van der Waals surface area contributed by atoms with Gasteiger partial charge in [0.25, 0.3) is 0 Å². The van der Waals surface area contributed by atoms with E-state index in [1.54, 1.807) is 13.0 Å². The third-order valence-electron chi connectivity index (χ3n) is 1.71. The average Bonchev–Trinajstić information content (AvgIpc) is 2.08. The van der Waals surface area contributed by atoms with Gasteiger partial charge in [0.15, 0.2) is 0 Å². The van der Waals surface area contributed by atoms with E-state index >= 15 is 0 Å². The zero-order chi connectivity index (χ0) is 10.6. The van der Waals surface area contributed by atoms with Crippen molar-refractivity contribution in [2.24, 2.45) is 0 Å². The Morgan fingerprint density at radius 1 is 1.71 bits per heavy atom. The molecule has 74 valence electrons. The van der Waals surface area contributed by atoms with Crippen LogP contribution in [0.5, 0.6) is 0 Å². The van der Waals surface area contributed by atoms with E-state index < -0.39 is 11.9 Å². The minimum absolute atomic E-state index is 0.0448. The first-order valence-corrected chi connectivity index (χ1v) is 4.10. The lowest BCUT2D eigenvalue weighted by molar-refractivity contribution is -0.135. The molecule has 0 aromatic carbocycles. The number of hydrogen-bond acceptors (Lipinski definition) is 2. The summed E-state index contributed by atoms with van der Waals surface area (Å²) in [5.74, 6) is -1.42. The Bertz CT molecular complexity index is 374. The van der Waals surface area contributed by atoms with Crippen LogP contribution in [0.1, 0.15) is 17.5 Å². The number of aromatic nitrogens is 1. The Balaban J connectivity index is 2.76. The van der Waals surface area contributed by atoms with Gasteiger partial charge < -0.3 is 5.11 Å². The van der Waals surface area contributed by atoms with Gasteiger partial charge in [-0.1, -0.05) is 12.2 Å². The highest BCUT2D eigenvalue weighted by molar-refractivity contribution is 5.70. The molecule has 0 bridgehead atoms. The zero-order valence-electron chi connectivity index (χ0n) is 7.70. The molecule has 1 aromatic heterocycles. The molecule has 14 heavy (non-hydrogen) atoms. The predicted octanol–water partition coefficient (Wildman–Crippen LogP) is 2.02. The second kappa shape index (κ2) is 4.50. The Labute approximate surface area is 80.9 Å². The van der Waals surface area contributed by atoms with E-state index in [0.29, 0.717) is 0 Å². The summed E-state index contributed by atoms with van der Waals surface area (Å²) in [5, 5.41) is 8.38. The van der Waals surface area contributed by atoms with Crippen LogP contribution in [0, 0.1) is 12.9 Å². The maximum atomic E-state index is 12.6. The van der Waals surface area contributed by atoms with E-state index in [2.05, 4.69) is 4.98 Å². The van der Waals surface area contributed by atoms with E-state index in [-0.39, 0.29) is 6.42 Å². The number of carbonyl (C=O) groups is 1. The predicted molar refractivity (Wildman–Crippen MR) is 50.2 cm³/mol. The Morgan fingerprint density at radius 2 is 2.43 bits per heavy atom.